The Kier molecular flexibility index (Phi) is 4.77. The van der Waals surface area contributed by atoms with Gasteiger partial charge < -0.3 is 4.74 Å². The third-order valence-corrected chi connectivity index (χ3v) is 5.99. The number of Topliss-reactive ketones (excluding diaryl/α,β-unsaturated/α-hetero) is 1. The summed E-state index contributed by atoms with van der Waals surface area (Å²) in [6, 6.07) is 14.2. The van der Waals surface area contributed by atoms with Gasteiger partial charge in [-0.15, -0.1) is 0 Å². The van der Waals surface area contributed by atoms with Gasteiger partial charge in [0.25, 0.3) is 0 Å². The van der Waals surface area contributed by atoms with Crippen molar-refractivity contribution in [1.82, 2.24) is 14.6 Å². The minimum Gasteiger partial charge on any atom is -0.497 e. The summed E-state index contributed by atoms with van der Waals surface area (Å²) in [5.74, 6) is 0.552. The number of aromatic nitrogens is 3. The number of ketones is 1. The van der Waals surface area contributed by atoms with Crippen LogP contribution in [0.4, 0.5) is 4.39 Å². The number of ether oxygens (including phenoxy) is 1. The van der Waals surface area contributed by atoms with Crippen LogP contribution in [-0.4, -0.2) is 27.5 Å². The standard InChI is InChI=1S/C25H22FN3O2/c1-3-21-24(16-6-10-19(31-2)11-7-16)25-27-22-12-17(15-4-8-18(26)9-5-15)13-23(30)20(22)14-29(25)28-21/h4-11,14,17H,3,12-13H2,1-2H3. The molecule has 0 radical (unpaired) electrons. The highest BCUT2D eigenvalue weighted by Crippen LogP contribution is 2.35. The lowest BCUT2D eigenvalue weighted by Gasteiger charge is -2.23. The van der Waals surface area contributed by atoms with Crippen molar-refractivity contribution < 1.29 is 13.9 Å². The number of aryl methyl sites for hydroxylation is 1. The van der Waals surface area contributed by atoms with Gasteiger partial charge in [-0.1, -0.05) is 31.2 Å². The van der Waals surface area contributed by atoms with Gasteiger partial charge in [0.05, 0.1) is 24.1 Å². The van der Waals surface area contributed by atoms with E-state index in [1.807, 2.05) is 30.5 Å². The summed E-state index contributed by atoms with van der Waals surface area (Å²) in [7, 11) is 1.64. The SMILES string of the molecule is CCc1nn2cc3c(nc2c1-c1ccc(OC)cc1)CC(c1ccc(F)cc1)CC3=O. The zero-order chi connectivity index (χ0) is 21.5. The predicted molar refractivity (Wildman–Crippen MR) is 116 cm³/mol. The van der Waals surface area contributed by atoms with Crippen molar-refractivity contribution in [2.75, 3.05) is 7.11 Å². The summed E-state index contributed by atoms with van der Waals surface area (Å²) >= 11 is 0. The first kappa shape index (κ1) is 19.4. The molecule has 5 nitrogen and oxygen atoms in total. The zero-order valence-electron chi connectivity index (χ0n) is 17.4. The van der Waals surface area contributed by atoms with Gasteiger partial charge in [0.2, 0.25) is 0 Å². The first-order valence-corrected chi connectivity index (χ1v) is 10.4. The molecule has 1 atom stereocenters. The summed E-state index contributed by atoms with van der Waals surface area (Å²) in [5, 5.41) is 4.71. The van der Waals surface area contributed by atoms with Crippen LogP contribution < -0.4 is 4.74 Å². The number of hydrogen-bond donors (Lipinski definition) is 0. The molecule has 0 bridgehead atoms. The van der Waals surface area contributed by atoms with Crippen LogP contribution >= 0.6 is 0 Å². The summed E-state index contributed by atoms with van der Waals surface area (Å²) in [6.45, 7) is 2.06. The van der Waals surface area contributed by atoms with Gasteiger partial charge in [0.1, 0.15) is 11.6 Å². The number of fused-ring (bicyclic) bond motifs is 2. The van der Waals surface area contributed by atoms with Gasteiger partial charge in [-0.3, -0.25) is 4.79 Å². The Balaban J connectivity index is 1.62. The van der Waals surface area contributed by atoms with E-state index in [0.717, 1.165) is 45.9 Å². The summed E-state index contributed by atoms with van der Waals surface area (Å²) in [4.78, 5) is 17.8. The highest BCUT2D eigenvalue weighted by molar-refractivity contribution is 5.99. The van der Waals surface area contributed by atoms with Crippen molar-refractivity contribution in [3.63, 3.8) is 0 Å². The second kappa shape index (κ2) is 7.61. The van der Waals surface area contributed by atoms with Crippen molar-refractivity contribution in [1.29, 1.82) is 0 Å². The van der Waals surface area contributed by atoms with Crippen LogP contribution in [0.5, 0.6) is 5.75 Å². The van der Waals surface area contributed by atoms with E-state index in [9.17, 15) is 9.18 Å². The molecule has 156 valence electrons. The fourth-order valence-electron chi connectivity index (χ4n) is 4.35. The number of carbonyl (C=O) groups is 1. The Morgan fingerprint density at radius 1 is 1.10 bits per heavy atom. The van der Waals surface area contributed by atoms with Crippen molar-refractivity contribution >= 4 is 11.4 Å². The largest absolute Gasteiger partial charge is 0.497 e. The van der Waals surface area contributed by atoms with Crippen LogP contribution in [0.1, 0.15) is 46.6 Å². The number of benzene rings is 2. The van der Waals surface area contributed by atoms with Crippen molar-refractivity contribution in [3.05, 3.63) is 83.1 Å². The summed E-state index contributed by atoms with van der Waals surface area (Å²) in [5.41, 5.74) is 6.02. The van der Waals surface area contributed by atoms with Gasteiger partial charge in [0.15, 0.2) is 11.4 Å². The van der Waals surface area contributed by atoms with E-state index in [-0.39, 0.29) is 17.5 Å². The van der Waals surface area contributed by atoms with Crippen LogP contribution in [0.15, 0.2) is 54.7 Å². The Morgan fingerprint density at radius 3 is 2.52 bits per heavy atom. The third kappa shape index (κ3) is 3.38. The average Bonchev–Trinajstić information content (AvgIpc) is 3.16. The minimum absolute atomic E-state index is 0.00597. The Morgan fingerprint density at radius 2 is 1.84 bits per heavy atom. The second-order valence-electron chi connectivity index (χ2n) is 7.85. The minimum atomic E-state index is -0.276. The molecule has 4 aromatic rings. The highest BCUT2D eigenvalue weighted by Gasteiger charge is 2.29. The number of rotatable bonds is 4. The smallest absolute Gasteiger partial charge is 0.166 e. The highest BCUT2D eigenvalue weighted by atomic mass is 19.1. The molecule has 2 aromatic carbocycles. The quantitative estimate of drug-likeness (QED) is 0.470. The van der Waals surface area contributed by atoms with E-state index >= 15 is 0 Å². The first-order chi connectivity index (χ1) is 15.1. The van der Waals surface area contributed by atoms with E-state index in [1.165, 1.54) is 12.1 Å². The molecule has 0 aliphatic heterocycles. The molecular weight excluding hydrogens is 393 g/mol. The zero-order valence-corrected chi connectivity index (χ0v) is 17.4. The molecule has 1 aliphatic carbocycles. The van der Waals surface area contributed by atoms with Crippen LogP contribution in [0.2, 0.25) is 0 Å². The molecule has 0 saturated heterocycles. The molecule has 2 heterocycles. The van der Waals surface area contributed by atoms with Crippen LogP contribution in [0, 0.1) is 5.82 Å². The lowest BCUT2D eigenvalue weighted by atomic mass is 9.82. The molecule has 5 rings (SSSR count). The Bertz CT molecular complexity index is 1280. The Labute approximate surface area is 179 Å². The molecule has 31 heavy (non-hydrogen) atoms. The molecule has 0 fully saturated rings. The number of nitrogens with zero attached hydrogens (tertiary/aromatic N) is 3. The van der Waals surface area contributed by atoms with Gasteiger partial charge in [-0.05, 0) is 54.2 Å². The third-order valence-electron chi connectivity index (χ3n) is 5.99. The van der Waals surface area contributed by atoms with E-state index in [4.69, 9.17) is 14.8 Å². The molecule has 0 saturated carbocycles. The molecule has 0 N–H and O–H groups in total. The molecular formula is C25H22FN3O2. The van der Waals surface area contributed by atoms with Crippen LogP contribution in [0.3, 0.4) is 0 Å². The second-order valence-corrected chi connectivity index (χ2v) is 7.85. The maximum Gasteiger partial charge on any atom is 0.166 e. The van der Waals surface area contributed by atoms with Crippen LogP contribution in [-0.2, 0) is 12.8 Å². The lowest BCUT2D eigenvalue weighted by Crippen LogP contribution is -2.21. The summed E-state index contributed by atoms with van der Waals surface area (Å²) in [6.07, 6.45) is 3.59. The number of methoxy groups -OCH3 is 1. The van der Waals surface area contributed by atoms with E-state index in [1.54, 1.807) is 23.8 Å². The average molecular weight is 415 g/mol. The monoisotopic (exact) mass is 415 g/mol. The number of carbonyl (C=O) groups excluding carboxylic acids is 1. The Hall–Kier alpha value is -3.54. The van der Waals surface area contributed by atoms with Crippen molar-refractivity contribution in [2.24, 2.45) is 0 Å². The molecule has 2 aromatic heterocycles. The normalized spacial score (nSPS) is 15.8. The van der Waals surface area contributed by atoms with Gasteiger partial charge in [-0.2, -0.15) is 5.10 Å². The molecule has 1 aliphatic rings. The molecule has 0 spiro atoms. The van der Waals surface area contributed by atoms with E-state index in [0.29, 0.717) is 18.4 Å². The summed E-state index contributed by atoms with van der Waals surface area (Å²) < 4.78 is 20.3. The van der Waals surface area contributed by atoms with Gasteiger partial charge in [-0.25, -0.2) is 13.9 Å². The van der Waals surface area contributed by atoms with Gasteiger partial charge >= 0.3 is 0 Å². The molecule has 6 heteroatoms. The van der Waals surface area contributed by atoms with Crippen LogP contribution in [0.25, 0.3) is 16.8 Å². The van der Waals surface area contributed by atoms with Crippen molar-refractivity contribution in [2.45, 2.75) is 32.1 Å². The first-order valence-electron chi connectivity index (χ1n) is 10.4. The van der Waals surface area contributed by atoms with Crippen molar-refractivity contribution in [3.8, 4) is 16.9 Å². The van der Waals surface area contributed by atoms with E-state index in [2.05, 4.69) is 6.92 Å². The topological polar surface area (TPSA) is 56.5 Å². The fraction of sp³-hybridized carbons (Fsp3) is 0.240. The van der Waals surface area contributed by atoms with Gasteiger partial charge in [0, 0.05) is 18.2 Å². The maximum atomic E-state index is 13.3. The fourth-order valence-corrected chi connectivity index (χ4v) is 4.35. The number of halogens is 1. The molecule has 0 amide bonds. The maximum absolute atomic E-state index is 13.3. The number of hydrogen-bond acceptors (Lipinski definition) is 4. The predicted octanol–water partition coefficient (Wildman–Crippen LogP) is 5.02. The molecule has 1 unspecified atom stereocenters. The van der Waals surface area contributed by atoms with E-state index < -0.39 is 0 Å². The lowest BCUT2D eigenvalue weighted by molar-refractivity contribution is 0.0962.